The molecule has 0 fully saturated rings. The Bertz CT molecular complexity index is 1000. The summed E-state index contributed by atoms with van der Waals surface area (Å²) < 4.78 is 27.3. The molecule has 0 aromatic heterocycles. The minimum atomic E-state index is -3.83. The molecular weight excluding hydrogens is 340 g/mol. The molecule has 0 amide bonds. The molecule has 3 aromatic rings. The Hall–Kier alpha value is -3.19. The molecule has 0 aliphatic rings. The summed E-state index contributed by atoms with van der Waals surface area (Å²) in [7, 11) is -3.83. The van der Waals surface area contributed by atoms with Gasteiger partial charge in [0.1, 0.15) is 0 Å². The third-order valence-corrected chi connectivity index (χ3v) is 4.98. The molecule has 1 N–H and O–H groups in total. The van der Waals surface area contributed by atoms with E-state index >= 15 is 0 Å². The van der Waals surface area contributed by atoms with Crippen molar-refractivity contribution < 1.29 is 13.3 Å². The van der Waals surface area contributed by atoms with Gasteiger partial charge < -0.3 is 0 Å². The Morgan fingerprint density at radius 2 is 1.44 bits per heavy atom. The molecule has 7 heteroatoms. The number of benzene rings is 3. The van der Waals surface area contributed by atoms with Crippen molar-refractivity contribution in [3.05, 3.63) is 89.0 Å². The smallest absolute Gasteiger partial charge is 0.271 e. The predicted octanol–water partition coefficient (Wildman–Crippen LogP) is 4.06. The predicted molar refractivity (Wildman–Crippen MR) is 95.8 cm³/mol. The van der Waals surface area contributed by atoms with Gasteiger partial charge in [-0.05, 0) is 29.3 Å². The van der Waals surface area contributed by atoms with Gasteiger partial charge in [0.25, 0.3) is 15.7 Å². The maximum atomic E-state index is 12.4. The van der Waals surface area contributed by atoms with Crippen LogP contribution in [0.1, 0.15) is 0 Å². The van der Waals surface area contributed by atoms with Gasteiger partial charge in [-0.15, -0.1) is 0 Å². The van der Waals surface area contributed by atoms with E-state index in [1.807, 2.05) is 30.3 Å². The van der Waals surface area contributed by atoms with E-state index in [1.54, 1.807) is 12.1 Å². The van der Waals surface area contributed by atoms with Crippen molar-refractivity contribution in [1.82, 2.24) is 0 Å². The zero-order valence-electron chi connectivity index (χ0n) is 13.0. The third-order valence-electron chi connectivity index (χ3n) is 3.58. The molecule has 126 valence electrons. The van der Waals surface area contributed by atoms with Crippen molar-refractivity contribution in [3.8, 4) is 11.1 Å². The lowest BCUT2D eigenvalue weighted by Crippen LogP contribution is -2.12. The second-order valence-corrected chi connectivity index (χ2v) is 6.99. The molecule has 6 nitrogen and oxygen atoms in total. The number of nitro benzene ring substituents is 1. The van der Waals surface area contributed by atoms with Crippen molar-refractivity contribution in [3.63, 3.8) is 0 Å². The van der Waals surface area contributed by atoms with Gasteiger partial charge in [0.05, 0.1) is 15.5 Å². The third kappa shape index (κ3) is 3.84. The van der Waals surface area contributed by atoms with Crippen LogP contribution in [0.2, 0.25) is 0 Å². The molecule has 0 radical (unpaired) electrons. The van der Waals surface area contributed by atoms with Crippen molar-refractivity contribution >= 4 is 21.4 Å². The molecule has 0 bridgehead atoms. The maximum Gasteiger partial charge on any atom is 0.271 e. The fourth-order valence-electron chi connectivity index (χ4n) is 2.35. The van der Waals surface area contributed by atoms with E-state index in [-0.39, 0.29) is 16.3 Å². The van der Waals surface area contributed by atoms with Crippen LogP contribution in [0.15, 0.2) is 83.8 Å². The second kappa shape index (κ2) is 6.74. The lowest BCUT2D eigenvalue weighted by atomic mass is 10.1. The van der Waals surface area contributed by atoms with Gasteiger partial charge >= 0.3 is 0 Å². The SMILES string of the molecule is O=[N+]([O-])c1cccc(NS(=O)(=O)c2ccc(-c3ccccc3)cc2)c1. The quantitative estimate of drug-likeness (QED) is 0.552. The summed E-state index contributed by atoms with van der Waals surface area (Å²) >= 11 is 0. The van der Waals surface area contributed by atoms with Crippen LogP contribution >= 0.6 is 0 Å². The minimum Gasteiger partial charge on any atom is -0.279 e. The van der Waals surface area contributed by atoms with Gasteiger partial charge in [-0.3, -0.25) is 14.8 Å². The molecule has 25 heavy (non-hydrogen) atoms. The van der Waals surface area contributed by atoms with E-state index in [0.717, 1.165) is 11.1 Å². The van der Waals surface area contributed by atoms with Crippen LogP contribution in [0.3, 0.4) is 0 Å². The van der Waals surface area contributed by atoms with Crippen LogP contribution < -0.4 is 4.72 Å². The lowest BCUT2D eigenvalue weighted by Gasteiger charge is -2.09. The van der Waals surface area contributed by atoms with Crippen LogP contribution in [0.25, 0.3) is 11.1 Å². The molecule has 3 aromatic carbocycles. The molecule has 0 atom stereocenters. The summed E-state index contributed by atoms with van der Waals surface area (Å²) in [5.41, 5.74) is 1.84. The number of nitro groups is 1. The number of rotatable bonds is 5. The number of nitrogens with one attached hydrogen (secondary N) is 1. The summed E-state index contributed by atoms with van der Waals surface area (Å²) in [6.07, 6.45) is 0. The van der Waals surface area contributed by atoms with E-state index in [1.165, 1.54) is 36.4 Å². The second-order valence-electron chi connectivity index (χ2n) is 5.30. The summed E-state index contributed by atoms with van der Waals surface area (Å²) in [6.45, 7) is 0. The molecular formula is C18H14N2O4S. The van der Waals surface area contributed by atoms with Gasteiger partial charge in [0, 0.05) is 12.1 Å². The van der Waals surface area contributed by atoms with Crippen LogP contribution in [0.4, 0.5) is 11.4 Å². The molecule has 0 aliphatic carbocycles. The standard InChI is InChI=1S/C18H14N2O4S/c21-20(22)17-8-4-7-16(13-17)19-25(23,24)18-11-9-15(10-12-18)14-5-2-1-3-6-14/h1-13,19H. The molecule has 0 spiro atoms. The average molecular weight is 354 g/mol. The summed E-state index contributed by atoms with van der Waals surface area (Å²) in [4.78, 5) is 10.3. The Balaban J connectivity index is 1.85. The van der Waals surface area contributed by atoms with Gasteiger partial charge in [-0.25, -0.2) is 8.42 Å². The Kier molecular flexibility index (Phi) is 4.49. The molecule has 3 rings (SSSR count). The molecule has 0 saturated carbocycles. The molecule has 0 unspecified atom stereocenters. The molecule has 0 heterocycles. The lowest BCUT2D eigenvalue weighted by molar-refractivity contribution is -0.384. The van der Waals surface area contributed by atoms with Crippen molar-refractivity contribution in [2.45, 2.75) is 4.90 Å². The molecule has 0 saturated heterocycles. The topological polar surface area (TPSA) is 89.3 Å². The first-order valence-electron chi connectivity index (χ1n) is 7.38. The van der Waals surface area contributed by atoms with Crippen molar-refractivity contribution in [2.75, 3.05) is 4.72 Å². The highest BCUT2D eigenvalue weighted by Gasteiger charge is 2.16. The molecule has 0 aliphatic heterocycles. The zero-order chi connectivity index (χ0) is 17.9. The maximum absolute atomic E-state index is 12.4. The Morgan fingerprint density at radius 3 is 2.08 bits per heavy atom. The van der Waals surface area contributed by atoms with E-state index in [0.29, 0.717) is 0 Å². The van der Waals surface area contributed by atoms with Gasteiger partial charge in [-0.1, -0.05) is 48.5 Å². The number of anilines is 1. The van der Waals surface area contributed by atoms with Crippen LogP contribution in [0.5, 0.6) is 0 Å². The summed E-state index contributed by atoms with van der Waals surface area (Å²) in [5.74, 6) is 0. The van der Waals surface area contributed by atoms with Gasteiger partial charge in [-0.2, -0.15) is 0 Å². The first-order valence-corrected chi connectivity index (χ1v) is 8.87. The normalized spacial score (nSPS) is 11.0. The summed E-state index contributed by atoms with van der Waals surface area (Å²) in [6, 6.07) is 21.4. The number of non-ortho nitro benzene ring substituents is 1. The first-order chi connectivity index (χ1) is 12.0. The fourth-order valence-corrected chi connectivity index (χ4v) is 3.40. The van der Waals surface area contributed by atoms with E-state index in [9.17, 15) is 18.5 Å². The highest BCUT2D eigenvalue weighted by atomic mass is 32.2. The van der Waals surface area contributed by atoms with Crippen molar-refractivity contribution in [1.29, 1.82) is 0 Å². The number of hydrogen-bond donors (Lipinski definition) is 1. The number of nitrogens with zero attached hydrogens (tertiary/aromatic N) is 1. The van der Waals surface area contributed by atoms with Gasteiger partial charge in [0.15, 0.2) is 0 Å². The first kappa shape index (κ1) is 16.7. The monoisotopic (exact) mass is 354 g/mol. The fraction of sp³-hybridized carbons (Fsp3) is 0. The van der Waals surface area contributed by atoms with E-state index < -0.39 is 14.9 Å². The largest absolute Gasteiger partial charge is 0.279 e. The van der Waals surface area contributed by atoms with Crippen LogP contribution in [-0.2, 0) is 10.0 Å². The van der Waals surface area contributed by atoms with E-state index in [2.05, 4.69) is 4.72 Å². The number of sulfonamides is 1. The average Bonchev–Trinajstić information content (AvgIpc) is 2.62. The Labute approximate surface area is 145 Å². The van der Waals surface area contributed by atoms with Crippen molar-refractivity contribution in [2.24, 2.45) is 0 Å². The van der Waals surface area contributed by atoms with Gasteiger partial charge in [0.2, 0.25) is 0 Å². The van der Waals surface area contributed by atoms with Crippen LogP contribution in [0, 0.1) is 10.1 Å². The minimum absolute atomic E-state index is 0.0821. The number of hydrogen-bond acceptors (Lipinski definition) is 4. The highest BCUT2D eigenvalue weighted by Crippen LogP contribution is 2.23. The van der Waals surface area contributed by atoms with Crippen LogP contribution in [-0.4, -0.2) is 13.3 Å². The summed E-state index contributed by atoms with van der Waals surface area (Å²) in [5, 5.41) is 10.8. The zero-order valence-corrected chi connectivity index (χ0v) is 13.8. The highest BCUT2D eigenvalue weighted by molar-refractivity contribution is 7.92. The Morgan fingerprint density at radius 1 is 0.800 bits per heavy atom. The van der Waals surface area contributed by atoms with E-state index in [4.69, 9.17) is 0 Å².